The zero-order valence-corrected chi connectivity index (χ0v) is 33.2. The Bertz CT molecular complexity index is 3060. The molecule has 5 aromatic heterocycles. The van der Waals surface area contributed by atoms with E-state index in [0.29, 0.717) is 41.2 Å². The van der Waals surface area contributed by atoms with Crippen LogP contribution in [0.1, 0.15) is 32.1 Å². The van der Waals surface area contributed by atoms with E-state index in [1.165, 1.54) is 21.5 Å². The molecule has 0 N–H and O–H groups in total. The van der Waals surface area contributed by atoms with Crippen LogP contribution in [0.4, 0.5) is 0 Å². The van der Waals surface area contributed by atoms with Crippen molar-refractivity contribution < 1.29 is 28.4 Å². The lowest BCUT2D eigenvalue weighted by Gasteiger charge is -2.12. The third-order valence-corrected chi connectivity index (χ3v) is 12.9. The van der Waals surface area contributed by atoms with Crippen molar-refractivity contribution in [2.24, 2.45) is 0 Å². The minimum atomic E-state index is -0.589. The SMILES string of the molecule is O=C(CCCC[n+]1ccc(-c2nc(-c3ccc(-c4ccc5ccccc5c4)s3)c3nonc3c2-c2ccc(-c3ccc4ccccc4c3)s2)cc1)ON1C(=O)CCC1=O. The smallest absolute Gasteiger partial charge is 0.330 e. The number of carbonyl (C=O) groups is 3. The first kappa shape index (κ1) is 36.5. The molecule has 0 aliphatic carbocycles. The number of hydrogen-bond donors (Lipinski definition) is 0. The molecule has 59 heavy (non-hydrogen) atoms. The highest BCUT2D eigenvalue weighted by molar-refractivity contribution is 7.19. The minimum Gasteiger partial charge on any atom is -0.330 e. The van der Waals surface area contributed by atoms with Gasteiger partial charge in [-0.1, -0.05) is 72.8 Å². The zero-order chi connectivity index (χ0) is 39.9. The van der Waals surface area contributed by atoms with Gasteiger partial charge in [0.25, 0.3) is 11.8 Å². The maximum absolute atomic E-state index is 12.3. The fourth-order valence-electron chi connectivity index (χ4n) is 7.52. The monoisotopic (exact) mass is 812 g/mol. The van der Waals surface area contributed by atoms with E-state index >= 15 is 0 Å². The molecule has 12 heteroatoms. The van der Waals surface area contributed by atoms with Crippen LogP contribution in [0, 0.1) is 0 Å². The van der Waals surface area contributed by atoms with Gasteiger partial charge in [0, 0.05) is 63.6 Å². The van der Waals surface area contributed by atoms with Crippen molar-refractivity contribution >= 4 is 73.0 Å². The first-order chi connectivity index (χ1) is 28.9. The van der Waals surface area contributed by atoms with Crippen LogP contribution in [0.3, 0.4) is 0 Å². The molecule has 1 saturated heterocycles. The summed E-state index contributed by atoms with van der Waals surface area (Å²) < 4.78 is 7.55. The number of aryl methyl sites for hydroxylation is 1. The van der Waals surface area contributed by atoms with E-state index in [4.69, 9.17) is 14.5 Å². The van der Waals surface area contributed by atoms with Crippen molar-refractivity contribution in [3.63, 3.8) is 0 Å². The largest absolute Gasteiger partial charge is 0.333 e. The highest BCUT2D eigenvalue weighted by Crippen LogP contribution is 2.45. The Morgan fingerprint density at radius 3 is 1.86 bits per heavy atom. The van der Waals surface area contributed by atoms with Crippen LogP contribution in [0.5, 0.6) is 0 Å². The number of hydroxylamine groups is 2. The van der Waals surface area contributed by atoms with Crippen molar-refractivity contribution in [2.75, 3.05) is 0 Å². The maximum atomic E-state index is 12.3. The predicted molar refractivity (Wildman–Crippen MR) is 229 cm³/mol. The van der Waals surface area contributed by atoms with Gasteiger partial charge in [-0.15, -0.1) is 27.7 Å². The first-order valence-corrected chi connectivity index (χ1v) is 21.0. The molecule has 9 aromatic rings. The van der Waals surface area contributed by atoms with E-state index in [9.17, 15) is 14.4 Å². The van der Waals surface area contributed by atoms with Gasteiger partial charge in [-0.3, -0.25) is 9.59 Å². The Balaban J connectivity index is 0.978. The Morgan fingerprint density at radius 2 is 1.20 bits per heavy atom. The van der Waals surface area contributed by atoms with E-state index in [1.54, 1.807) is 22.7 Å². The molecule has 4 aromatic carbocycles. The third-order valence-electron chi connectivity index (χ3n) is 10.6. The predicted octanol–water partition coefficient (Wildman–Crippen LogP) is 10.4. The van der Waals surface area contributed by atoms with Gasteiger partial charge in [-0.2, -0.15) is 0 Å². The number of carbonyl (C=O) groups excluding carboxylic acids is 3. The molecule has 1 fully saturated rings. The maximum Gasteiger partial charge on any atom is 0.333 e. The summed E-state index contributed by atoms with van der Waals surface area (Å²) in [4.78, 5) is 50.5. The third kappa shape index (κ3) is 7.17. The van der Waals surface area contributed by atoms with Crippen LogP contribution in [0.2, 0.25) is 0 Å². The molecule has 10 nitrogen and oxygen atoms in total. The number of rotatable bonds is 11. The van der Waals surface area contributed by atoms with Gasteiger partial charge in [0.2, 0.25) is 0 Å². The molecule has 0 unspecified atom stereocenters. The van der Waals surface area contributed by atoms with Crippen LogP contribution < -0.4 is 4.57 Å². The standard InChI is InChI=1S/C47H34N5O5S2/c53-40-20-21-41(54)52(40)56-42(55)11-5-6-24-51-25-22-31(23-26-51)44-43(38-18-16-36(58-38)34-14-12-29-7-1-3-9-32(29)27-34)46-47(50-57-49-46)45(48-44)39-19-17-37(59-39)35-15-13-30-8-2-4-10-33(30)28-35/h1-4,7-10,12-19,22-23,25-28H,5-6,11,20-21,24H2/q+1. The fraction of sp³-hybridized carbons (Fsp3) is 0.128. The van der Waals surface area contributed by atoms with Gasteiger partial charge in [-0.25, -0.2) is 19.0 Å². The molecule has 288 valence electrons. The van der Waals surface area contributed by atoms with Crippen molar-refractivity contribution in [3.8, 4) is 53.2 Å². The second kappa shape index (κ2) is 15.5. The van der Waals surface area contributed by atoms with E-state index < -0.39 is 17.8 Å². The number of benzene rings is 4. The van der Waals surface area contributed by atoms with E-state index in [0.717, 1.165) is 47.5 Å². The summed E-state index contributed by atoms with van der Waals surface area (Å²) in [6, 6.07) is 42.3. The molecule has 0 atom stereocenters. The van der Waals surface area contributed by atoms with E-state index in [1.807, 2.05) is 24.5 Å². The average molecular weight is 813 g/mol. The van der Waals surface area contributed by atoms with E-state index in [-0.39, 0.29) is 19.3 Å². The van der Waals surface area contributed by atoms with Crippen LogP contribution >= 0.6 is 22.7 Å². The topological polar surface area (TPSA) is 119 Å². The number of aromatic nitrogens is 4. The van der Waals surface area contributed by atoms with Crippen LogP contribution in [0.25, 0.3) is 85.7 Å². The number of imide groups is 1. The van der Waals surface area contributed by atoms with Crippen LogP contribution in [0.15, 0.2) is 138 Å². The normalized spacial score (nSPS) is 13.0. The highest BCUT2D eigenvalue weighted by Gasteiger charge is 2.32. The van der Waals surface area contributed by atoms with Crippen molar-refractivity contribution in [1.29, 1.82) is 0 Å². The summed E-state index contributed by atoms with van der Waals surface area (Å²) in [6.45, 7) is 0.652. The first-order valence-electron chi connectivity index (χ1n) is 19.4. The lowest BCUT2D eigenvalue weighted by atomic mass is 10.0. The second-order valence-electron chi connectivity index (χ2n) is 14.4. The molecule has 0 spiro atoms. The Kier molecular flexibility index (Phi) is 9.55. The van der Waals surface area contributed by atoms with Gasteiger partial charge in [0.15, 0.2) is 17.9 Å². The average Bonchev–Trinajstić information content (AvgIpc) is 4.11. The Labute approximate surface area is 345 Å². The number of unbranched alkanes of at least 4 members (excludes halogenated alkanes) is 1. The van der Waals surface area contributed by atoms with Gasteiger partial charge < -0.3 is 4.84 Å². The molecule has 1 aliphatic rings. The summed E-state index contributed by atoms with van der Waals surface area (Å²) in [5.74, 6) is -1.55. The van der Waals surface area contributed by atoms with Crippen molar-refractivity contribution in [1.82, 2.24) is 20.4 Å². The zero-order valence-electron chi connectivity index (χ0n) is 31.5. The lowest BCUT2D eigenvalue weighted by Crippen LogP contribution is -2.33. The summed E-state index contributed by atoms with van der Waals surface area (Å²) in [5.41, 5.74) is 6.70. The molecule has 10 rings (SSSR count). The second-order valence-corrected chi connectivity index (χ2v) is 16.6. The molecule has 6 heterocycles. The molecule has 1 aliphatic heterocycles. The van der Waals surface area contributed by atoms with Crippen LogP contribution in [-0.4, -0.2) is 38.1 Å². The number of amides is 2. The molecular formula is C47H34N5O5S2+. The summed E-state index contributed by atoms with van der Waals surface area (Å²) >= 11 is 3.33. The number of pyridine rings is 2. The van der Waals surface area contributed by atoms with Crippen molar-refractivity contribution in [3.05, 3.63) is 134 Å². The Morgan fingerprint density at radius 1 is 0.627 bits per heavy atom. The molecule has 0 radical (unpaired) electrons. The van der Waals surface area contributed by atoms with Gasteiger partial charge in [-0.05, 0) is 85.8 Å². The van der Waals surface area contributed by atoms with Crippen molar-refractivity contribution in [2.45, 2.75) is 38.6 Å². The fourth-order valence-corrected chi connectivity index (χ4v) is 9.56. The Hall–Kier alpha value is -6.89. The van der Waals surface area contributed by atoms with E-state index in [2.05, 4.69) is 124 Å². The molecule has 0 saturated carbocycles. The molecular weight excluding hydrogens is 779 g/mol. The van der Waals surface area contributed by atoms with Crippen LogP contribution in [-0.2, 0) is 25.8 Å². The molecule has 2 amide bonds. The van der Waals surface area contributed by atoms with Gasteiger partial charge in [0.1, 0.15) is 17.8 Å². The number of nitrogens with zero attached hydrogens (tertiary/aromatic N) is 5. The summed E-state index contributed by atoms with van der Waals surface area (Å²) in [5, 5.41) is 14.3. The number of thiophene rings is 2. The number of fused-ring (bicyclic) bond motifs is 3. The summed E-state index contributed by atoms with van der Waals surface area (Å²) in [7, 11) is 0. The quantitative estimate of drug-likeness (QED) is 0.0719. The number of hydrogen-bond acceptors (Lipinski definition) is 10. The highest BCUT2D eigenvalue weighted by atomic mass is 32.1. The lowest BCUT2D eigenvalue weighted by molar-refractivity contribution is -0.697. The van der Waals surface area contributed by atoms with Gasteiger partial charge in [0.05, 0.1) is 10.6 Å². The minimum absolute atomic E-state index is 0.0706. The molecule has 0 bridgehead atoms. The van der Waals surface area contributed by atoms with Gasteiger partial charge >= 0.3 is 5.97 Å². The summed E-state index contributed by atoms with van der Waals surface area (Å²) in [6.07, 6.45) is 5.48.